The smallest absolute Gasteiger partial charge is 0.334 e. The molecule has 0 heterocycles. The van der Waals surface area contributed by atoms with Crippen LogP contribution in [0.3, 0.4) is 0 Å². The number of rotatable bonds is 9. The van der Waals surface area contributed by atoms with Gasteiger partial charge in [0, 0.05) is 12.5 Å². The highest BCUT2D eigenvalue weighted by Gasteiger charge is 2.41. The normalized spacial score (nSPS) is 19.7. The summed E-state index contributed by atoms with van der Waals surface area (Å²) in [5, 5.41) is 0.237. The van der Waals surface area contributed by atoms with Crippen LogP contribution in [0, 0.1) is 5.92 Å². The maximum absolute atomic E-state index is 13.1. The third-order valence-electron chi connectivity index (χ3n) is 9.00. The first-order valence-electron chi connectivity index (χ1n) is 14.2. The number of benzene rings is 1. The number of carbonyl (C=O) groups excluding carboxylic acids is 2. The number of esters is 2. The molecule has 220 valence electrons. The van der Waals surface area contributed by atoms with Crippen LogP contribution >= 0.6 is 0 Å². The zero-order valence-corrected chi connectivity index (χ0v) is 28.4. The molecule has 2 rings (SSSR count). The number of methoxy groups -OCH3 is 2. The van der Waals surface area contributed by atoms with E-state index < -0.39 is 28.6 Å². The molecule has 1 aromatic carbocycles. The van der Waals surface area contributed by atoms with Crippen LogP contribution in [0.15, 0.2) is 35.4 Å². The van der Waals surface area contributed by atoms with E-state index >= 15 is 0 Å². The predicted octanol–water partition coefficient (Wildman–Crippen LogP) is 7.84. The highest BCUT2D eigenvalue weighted by molar-refractivity contribution is 6.75. The summed E-state index contributed by atoms with van der Waals surface area (Å²) in [5.41, 5.74) is 1.72. The van der Waals surface area contributed by atoms with Crippen LogP contribution in [0.4, 0.5) is 0 Å². The first-order chi connectivity index (χ1) is 17.8. The number of ether oxygens (including phenoxy) is 2. The molecule has 0 aromatic heterocycles. The number of hydrogen-bond donors (Lipinski definition) is 0. The molecule has 0 unspecified atom stereocenters. The molecular weight excluding hydrogens is 525 g/mol. The van der Waals surface area contributed by atoms with E-state index in [2.05, 4.69) is 67.7 Å². The Labute approximate surface area is 239 Å². The molecule has 1 aromatic rings. The summed E-state index contributed by atoms with van der Waals surface area (Å²) in [7, 11) is -1.12. The zero-order chi connectivity index (χ0) is 29.8. The van der Waals surface area contributed by atoms with Gasteiger partial charge in [-0.05, 0) is 85.6 Å². The molecule has 39 heavy (non-hydrogen) atoms. The van der Waals surface area contributed by atoms with Gasteiger partial charge in [-0.1, -0.05) is 53.7 Å². The van der Waals surface area contributed by atoms with Crippen LogP contribution in [-0.2, 0) is 29.9 Å². The molecule has 1 aliphatic carbocycles. The molecule has 0 atom stereocenters. The molecule has 0 aliphatic heterocycles. The van der Waals surface area contributed by atoms with Crippen molar-refractivity contribution in [3.63, 3.8) is 0 Å². The quantitative estimate of drug-likeness (QED) is 0.169. The second-order valence-corrected chi connectivity index (χ2v) is 23.4. The predicted molar refractivity (Wildman–Crippen MR) is 163 cm³/mol. The Morgan fingerprint density at radius 2 is 1.26 bits per heavy atom. The molecular formula is C31H52O6Si2. The average Bonchev–Trinajstić information content (AvgIpc) is 2.83. The van der Waals surface area contributed by atoms with Crippen molar-refractivity contribution in [2.24, 2.45) is 5.92 Å². The summed E-state index contributed by atoms with van der Waals surface area (Å²) in [4.78, 5) is 26.1. The summed E-state index contributed by atoms with van der Waals surface area (Å²) in [6, 6.07) is 7.83. The van der Waals surface area contributed by atoms with Gasteiger partial charge < -0.3 is 18.3 Å². The minimum absolute atomic E-state index is 0.0768. The molecule has 0 N–H and O–H groups in total. The monoisotopic (exact) mass is 576 g/mol. The van der Waals surface area contributed by atoms with E-state index in [-0.39, 0.29) is 28.5 Å². The van der Waals surface area contributed by atoms with Gasteiger partial charge in [0.15, 0.2) is 8.32 Å². The minimum Gasteiger partial charge on any atom is -0.544 e. The average molecular weight is 577 g/mol. The fourth-order valence-corrected chi connectivity index (χ4v) is 6.89. The Balaban J connectivity index is 2.30. The number of carbonyl (C=O) groups is 2. The van der Waals surface area contributed by atoms with E-state index in [1.807, 2.05) is 24.3 Å². The number of hydrogen-bond acceptors (Lipinski definition) is 6. The van der Waals surface area contributed by atoms with Gasteiger partial charge in [-0.25, -0.2) is 9.59 Å². The Morgan fingerprint density at radius 3 is 1.69 bits per heavy atom. The Morgan fingerprint density at radius 1 is 0.769 bits per heavy atom. The highest BCUT2D eigenvalue weighted by Crippen LogP contribution is 2.41. The van der Waals surface area contributed by atoms with E-state index in [1.54, 1.807) is 0 Å². The third-order valence-corrected chi connectivity index (χ3v) is 17.9. The third kappa shape index (κ3) is 8.54. The lowest BCUT2D eigenvalue weighted by molar-refractivity contribution is -0.140. The molecule has 0 radical (unpaired) electrons. The lowest BCUT2D eigenvalue weighted by Gasteiger charge is -2.41. The van der Waals surface area contributed by atoms with Crippen LogP contribution in [0.2, 0.25) is 36.3 Å². The molecule has 1 fully saturated rings. The molecule has 0 bridgehead atoms. The second-order valence-electron chi connectivity index (χ2n) is 13.9. The summed E-state index contributed by atoms with van der Waals surface area (Å²) < 4.78 is 23.4. The Bertz CT molecular complexity index is 1020. The van der Waals surface area contributed by atoms with Crippen molar-refractivity contribution in [2.45, 2.75) is 116 Å². The van der Waals surface area contributed by atoms with Gasteiger partial charge in [0.05, 0.1) is 25.4 Å². The summed E-state index contributed by atoms with van der Waals surface area (Å²) in [6.45, 7) is 22.4. The van der Waals surface area contributed by atoms with Gasteiger partial charge in [0.25, 0.3) is 0 Å². The molecule has 1 aliphatic rings. The fraction of sp³-hybridized carbons (Fsp3) is 0.677. The molecule has 0 saturated heterocycles. The highest BCUT2D eigenvalue weighted by atomic mass is 28.4. The van der Waals surface area contributed by atoms with Crippen LogP contribution < -0.4 is 4.43 Å². The van der Waals surface area contributed by atoms with Crippen molar-refractivity contribution in [3.8, 4) is 5.75 Å². The van der Waals surface area contributed by atoms with Gasteiger partial charge in [-0.3, -0.25) is 0 Å². The molecule has 0 spiro atoms. The lowest BCUT2D eigenvalue weighted by Crippen LogP contribution is -2.44. The van der Waals surface area contributed by atoms with Crippen LogP contribution in [0.1, 0.15) is 72.8 Å². The van der Waals surface area contributed by atoms with E-state index in [4.69, 9.17) is 18.3 Å². The summed E-state index contributed by atoms with van der Waals surface area (Å²) >= 11 is 0. The SMILES string of the molecule is COC(=O)/C(Cc1ccc(O[Si](C)(C)C(C)(C)C)cc1)=C(\C(=O)OC)[C@H]1CC[C@@H](O[Si](C)(C)C(C)(C)C)CC1. The fourth-order valence-electron chi connectivity index (χ4n) is 4.44. The van der Waals surface area contributed by atoms with Gasteiger partial charge >= 0.3 is 11.9 Å². The molecule has 1 saturated carbocycles. The largest absolute Gasteiger partial charge is 0.544 e. The topological polar surface area (TPSA) is 71.1 Å². The molecule has 6 nitrogen and oxygen atoms in total. The van der Waals surface area contributed by atoms with Crippen LogP contribution in [0.5, 0.6) is 5.75 Å². The van der Waals surface area contributed by atoms with Crippen molar-refractivity contribution in [1.82, 2.24) is 0 Å². The summed E-state index contributed by atoms with van der Waals surface area (Å²) in [5.74, 6) is -0.201. The van der Waals surface area contributed by atoms with E-state index in [0.717, 1.165) is 37.0 Å². The van der Waals surface area contributed by atoms with Crippen molar-refractivity contribution in [3.05, 3.63) is 41.0 Å². The van der Waals surface area contributed by atoms with Crippen molar-refractivity contribution < 1.29 is 27.9 Å². The standard InChI is InChI=1S/C31H52O6Si2/c1-30(2,3)38(9,10)36-24-17-13-22(14-18-24)21-26(28(32)34-7)27(29(33)35-8)23-15-19-25(20-16-23)37-39(11,12)31(4,5)6/h13-14,17-18,23,25H,15-16,19-21H2,1-12H3/b27-26-/t23-,25+. The van der Waals surface area contributed by atoms with Crippen molar-refractivity contribution in [2.75, 3.05) is 14.2 Å². The first-order valence-corrected chi connectivity index (χ1v) is 20.0. The van der Waals surface area contributed by atoms with Crippen LogP contribution in [0.25, 0.3) is 0 Å². The summed E-state index contributed by atoms with van der Waals surface area (Å²) in [6.07, 6.45) is 3.71. The Hall–Kier alpha value is -1.91. The van der Waals surface area contributed by atoms with Gasteiger partial charge in [-0.2, -0.15) is 0 Å². The zero-order valence-electron chi connectivity index (χ0n) is 26.4. The second kappa shape index (κ2) is 12.7. The van der Waals surface area contributed by atoms with Crippen molar-refractivity contribution >= 4 is 28.6 Å². The van der Waals surface area contributed by atoms with Gasteiger partial charge in [0.1, 0.15) is 5.75 Å². The maximum atomic E-state index is 13.1. The molecule has 0 amide bonds. The lowest BCUT2D eigenvalue weighted by atomic mass is 9.79. The first kappa shape index (κ1) is 33.3. The van der Waals surface area contributed by atoms with Gasteiger partial charge in [-0.15, -0.1) is 0 Å². The maximum Gasteiger partial charge on any atom is 0.334 e. The van der Waals surface area contributed by atoms with Gasteiger partial charge in [0.2, 0.25) is 8.32 Å². The van der Waals surface area contributed by atoms with Crippen molar-refractivity contribution in [1.29, 1.82) is 0 Å². The Kier molecular flexibility index (Phi) is 10.9. The molecule has 8 heteroatoms. The van der Waals surface area contributed by atoms with E-state index in [0.29, 0.717) is 11.1 Å². The minimum atomic E-state index is -1.96. The van der Waals surface area contributed by atoms with Crippen LogP contribution in [-0.4, -0.2) is 48.9 Å². The van der Waals surface area contributed by atoms with E-state index in [9.17, 15) is 9.59 Å². The van der Waals surface area contributed by atoms with E-state index in [1.165, 1.54) is 14.2 Å².